The highest BCUT2D eigenvalue weighted by Gasteiger charge is 2.11. The summed E-state index contributed by atoms with van der Waals surface area (Å²) in [7, 11) is 0. The molecular formula is C22H15Cl2N3O4. The summed E-state index contributed by atoms with van der Waals surface area (Å²) < 4.78 is 5.66. The van der Waals surface area contributed by atoms with Crippen molar-refractivity contribution < 1.29 is 14.5 Å². The first kappa shape index (κ1) is 22.1. The van der Waals surface area contributed by atoms with Gasteiger partial charge in [-0.05, 0) is 29.3 Å². The van der Waals surface area contributed by atoms with Gasteiger partial charge in [0.2, 0.25) is 0 Å². The van der Waals surface area contributed by atoms with E-state index < -0.39 is 4.92 Å². The van der Waals surface area contributed by atoms with Crippen molar-refractivity contribution in [2.75, 3.05) is 0 Å². The average Bonchev–Trinajstić information content (AvgIpc) is 2.76. The minimum absolute atomic E-state index is 0.0257. The molecule has 0 aliphatic rings. The van der Waals surface area contributed by atoms with E-state index in [0.717, 1.165) is 5.56 Å². The third-order valence-electron chi connectivity index (χ3n) is 4.16. The van der Waals surface area contributed by atoms with E-state index in [0.29, 0.717) is 16.7 Å². The second kappa shape index (κ2) is 10.4. The van der Waals surface area contributed by atoms with E-state index in [1.54, 1.807) is 42.5 Å². The quantitative estimate of drug-likeness (QED) is 0.239. The van der Waals surface area contributed by atoms with Crippen molar-refractivity contribution >= 4 is 35.1 Å². The van der Waals surface area contributed by atoms with Crippen molar-refractivity contribution in [1.29, 1.82) is 5.26 Å². The number of nitro benzene ring substituents is 1. The number of rotatable bonds is 8. The second-order valence-electron chi connectivity index (χ2n) is 6.31. The summed E-state index contributed by atoms with van der Waals surface area (Å²) in [5.74, 6) is 0.260. The summed E-state index contributed by atoms with van der Waals surface area (Å²) in [4.78, 5) is 15.7. The first-order valence-electron chi connectivity index (χ1n) is 8.96. The fraction of sp³-hybridized carbons (Fsp3) is 0.0909. The van der Waals surface area contributed by atoms with E-state index in [4.69, 9.17) is 38.0 Å². The van der Waals surface area contributed by atoms with Gasteiger partial charge in [-0.1, -0.05) is 58.7 Å². The Bertz CT molecular complexity index is 1150. The maximum atomic E-state index is 10.9. The van der Waals surface area contributed by atoms with Crippen LogP contribution in [0.4, 0.5) is 5.69 Å². The first-order valence-corrected chi connectivity index (χ1v) is 9.72. The van der Waals surface area contributed by atoms with Crippen molar-refractivity contribution in [2.24, 2.45) is 5.16 Å². The van der Waals surface area contributed by atoms with Gasteiger partial charge in [0.05, 0.1) is 32.8 Å². The molecule has 0 atom stereocenters. The van der Waals surface area contributed by atoms with E-state index in [1.165, 1.54) is 18.3 Å². The van der Waals surface area contributed by atoms with Gasteiger partial charge in [0.15, 0.2) is 5.75 Å². The van der Waals surface area contributed by atoms with Gasteiger partial charge in [0, 0.05) is 17.7 Å². The fourth-order valence-corrected chi connectivity index (χ4v) is 3.28. The van der Waals surface area contributed by atoms with Crippen molar-refractivity contribution in [3.05, 3.63) is 103 Å². The standard InChI is InChI=1S/C22H15Cl2N3O4/c23-20-9-16(12-26-31-14-18-6-2-1-5-17(18)11-25)10-21(24)22(20)30-13-15-4-3-7-19(8-15)27(28)29/h1-10,12H,13-14H2/b26-12-. The molecule has 0 radical (unpaired) electrons. The van der Waals surface area contributed by atoms with Crippen LogP contribution in [0.15, 0.2) is 65.8 Å². The number of halogens is 2. The minimum Gasteiger partial charge on any atom is -0.486 e. The monoisotopic (exact) mass is 455 g/mol. The smallest absolute Gasteiger partial charge is 0.269 e. The number of benzene rings is 3. The summed E-state index contributed by atoms with van der Waals surface area (Å²) in [6.45, 7) is 0.210. The number of hydrogen-bond donors (Lipinski definition) is 0. The van der Waals surface area contributed by atoms with Gasteiger partial charge in [-0.3, -0.25) is 10.1 Å². The summed E-state index contributed by atoms with van der Waals surface area (Å²) >= 11 is 12.5. The molecule has 0 heterocycles. The lowest BCUT2D eigenvalue weighted by Crippen LogP contribution is -1.99. The Morgan fingerprint density at radius 1 is 1.06 bits per heavy atom. The molecule has 156 valence electrons. The van der Waals surface area contributed by atoms with Crippen LogP contribution in [-0.2, 0) is 18.1 Å². The summed E-state index contributed by atoms with van der Waals surface area (Å²) in [6.07, 6.45) is 1.44. The molecule has 7 nitrogen and oxygen atoms in total. The van der Waals surface area contributed by atoms with Crippen molar-refractivity contribution in [3.8, 4) is 11.8 Å². The van der Waals surface area contributed by atoms with Crippen LogP contribution in [0.25, 0.3) is 0 Å². The molecule has 9 heteroatoms. The lowest BCUT2D eigenvalue weighted by atomic mass is 10.1. The largest absolute Gasteiger partial charge is 0.486 e. The van der Waals surface area contributed by atoms with E-state index in [-0.39, 0.29) is 34.7 Å². The topological polar surface area (TPSA) is 97.8 Å². The SMILES string of the molecule is N#Cc1ccccc1CO/N=C\c1cc(Cl)c(OCc2cccc([N+](=O)[O-])c2)c(Cl)c1. The molecule has 3 aromatic rings. The van der Waals surface area contributed by atoms with E-state index >= 15 is 0 Å². The highest BCUT2D eigenvalue weighted by atomic mass is 35.5. The molecule has 31 heavy (non-hydrogen) atoms. The van der Waals surface area contributed by atoms with Crippen LogP contribution in [0.1, 0.15) is 22.3 Å². The third kappa shape index (κ3) is 5.95. The lowest BCUT2D eigenvalue weighted by Gasteiger charge is -2.11. The van der Waals surface area contributed by atoms with Gasteiger partial charge in [-0.25, -0.2) is 0 Å². The number of nitrogens with zero attached hydrogens (tertiary/aromatic N) is 3. The van der Waals surface area contributed by atoms with Crippen molar-refractivity contribution in [1.82, 2.24) is 0 Å². The van der Waals surface area contributed by atoms with Crippen LogP contribution < -0.4 is 4.74 Å². The predicted molar refractivity (Wildman–Crippen MR) is 117 cm³/mol. The molecule has 0 aliphatic carbocycles. The molecule has 3 rings (SSSR count). The van der Waals surface area contributed by atoms with Gasteiger partial charge in [0.1, 0.15) is 13.2 Å². The van der Waals surface area contributed by atoms with Gasteiger partial charge in [-0.2, -0.15) is 5.26 Å². The lowest BCUT2D eigenvalue weighted by molar-refractivity contribution is -0.384. The number of ether oxygens (including phenoxy) is 1. The van der Waals surface area contributed by atoms with Crippen LogP contribution in [0.2, 0.25) is 10.0 Å². The molecule has 3 aromatic carbocycles. The number of nitriles is 1. The number of hydrogen-bond acceptors (Lipinski definition) is 6. The molecule has 0 saturated heterocycles. The summed E-state index contributed by atoms with van der Waals surface area (Å²) in [6, 6.07) is 18.5. The zero-order chi connectivity index (χ0) is 22.2. The number of non-ortho nitro benzene ring substituents is 1. The normalized spacial score (nSPS) is 10.6. The Morgan fingerprint density at radius 3 is 2.52 bits per heavy atom. The van der Waals surface area contributed by atoms with Crippen molar-refractivity contribution in [3.63, 3.8) is 0 Å². The first-order chi connectivity index (χ1) is 15.0. The Hall–Kier alpha value is -3.60. The van der Waals surface area contributed by atoms with Crippen LogP contribution in [-0.4, -0.2) is 11.1 Å². The minimum atomic E-state index is -0.474. The van der Waals surface area contributed by atoms with Crippen molar-refractivity contribution in [2.45, 2.75) is 13.2 Å². The molecule has 0 aromatic heterocycles. The maximum Gasteiger partial charge on any atom is 0.269 e. The molecule has 0 N–H and O–H groups in total. The fourth-order valence-electron chi connectivity index (χ4n) is 2.67. The Morgan fingerprint density at radius 2 is 1.81 bits per heavy atom. The highest BCUT2D eigenvalue weighted by Crippen LogP contribution is 2.34. The molecular weight excluding hydrogens is 441 g/mol. The Balaban J connectivity index is 1.63. The summed E-state index contributed by atoms with van der Waals surface area (Å²) in [5, 5.41) is 24.4. The molecule has 0 unspecified atom stereocenters. The molecule has 0 spiro atoms. The zero-order valence-corrected chi connectivity index (χ0v) is 17.5. The summed E-state index contributed by atoms with van der Waals surface area (Å²) in [5.41, 5.74) is 2.42. The Labute approximate surface area is 188 Å². The van der Waals surface area contributed by atoms with Crippen LogP contribution in [0.5, 0.6) is 5.75 Å². The third-order valence-corrected chi connectivity index (χ3v) is 4.72. The molecule has 0 bridgehead atoms. The van der Waals surface area contributed by atoms with Crippen LogP contribution in [0, 0.1) is 21.4 Å². The van der Waals surface area contributed by atoms with Gasteiger partial charge in [0.25, 0.3) is 5.69 Å². The predicted octanol–water partition coefficient (Wildman–Crippen LogP) is 5.90. The van der Waals surface area contributed by atoms with E-state index in [9.17, 15) is 10.1 Å². The average molecular weight is 456 g/mol. The Kier molecular flexibility index (Phi) is 7.44. The molecule has 0 fully saturated rings. The van der Waals surface area contributed by atoms with E-state index in [2.05, 4.69) is 11.2 Å². The highest BCUT2D eigenvalue weighted by molar-refractivity contribution is 6.37. The molecule has 0 saturated carbocycles. The van der Waals surface area contributed by atoms with Crippen LogP contribution >= 0.6 is 23.2 Å². The number of nitro groups is 1. The van der Waals surface area contributed by atoms with Crippen LogP contribution in [0.3, 0.4) is 0 Å². The molecule has 0 amide bonds. The second-order valence-corrected chi connectivity index (χ2v) is 7.12. The van der Waals surface area contributed by atoms with Gasteiger partial charge >= 0.3 is 0 Å². The number of oxime groups is 1. The van der Waals surface area contributed by atoms with Gasteiger partial charge < -0.3 is 9.57 Å². The maximum absolute atomic E-state index is 10.9. The zero-order valence-electron chi connectivity index (χ0n) is 16.0. The molecule has 0 aliphatic heterocycles. The van der Waals surface area contributed by atoms with Gasteiger partial charge in [-0.15, -0.1) is 0 Å². The van der Waals surface area contributed by atoms with E-state index in [1.807, 2.05) is 6.07 Å².